The van der Waals surface area contributed by atoms with Gasteiger partial charge in [0.05, 0.1) is 22.6 Å². The van der Waals surface area contributed by atoms with Crippen LogP contribution in [-0.2, 0) is 24.8 Å². The quantitative estimate of drug-likeness (QED) is 0.255. The van der Waals surface area contributed by atoms with Gasteiger partial charge in [-0.15, -0.1) is 0 Å². The Bertz CT molecular complexity index is 1710. The van der Waals surface area contributed by atoms with Gasteiger partial charge in [-0.2, -0.15) is 0 Å². The first-order valence-corrected chi connectivity index (χ1v) is 15.2. The van der Waals surface area contributed by atoms with Gasteiger partial charge in [-0.3, -0.25) is 13.8 Å². The molecule has 1 amide bonds. The zero-order valence-corrected chi connectivity index (χ0v) is 23.9. The first kappa shape index (κ1) is 28.9. The molecule has 0 aromatic heterocycles. The van der Waals surface area contributed by atoms with Crippen molar-refractivity contribution in [1.82, 2.24) is 0 Å². The van der Waals surface area contributed by atoms with Crippen LogP contribution in [-0.4, -0.2) is 36.4 Å². The highest BCUT2D eigenvalue weighted by Crippen LogP contribution is 2.28. The van der Waals surface area contributed by atoms with Gasteiger partial charge in [0, 0.05) is 16.4 Å². The normalized spacial score (nSPS) is 11.5. The second-order valence-corrected chi connectivity index (χ2v) is 12.6. The standard InChI is InChI=1S/C28H26ClN3O6S2/c1-20-8-13-23(18-27(20)29)32(40(36,37)26-6-4-3-5-7-26)19-28(33)30-21-11-16-25(17-12-21)39(34,35)31-22-9-14-24(38-2)15-10-22/h3-18,31H,19H2,1-2H3,(H,30,33). The summed E-state index contributed by atoms with van der Waals surface area (Å²) in [5.41, 5.74) is 1.62. The number of hydrogen-bond donors (Lipinski definition) is 2. The van der Waals surface area contributed by atoms with E-state index in [-0.39, 0.29) is 21.2 Å². The summed E-state index contributed by atoms with van der Waals surface area (Å²) in [7, 11) is -6.50. The zero-order chi connectivity index (χ0) is 28.9. The van der Waals surface area contributed by atoms with Crippen LogP contribution in [0, 0.1) is 6.92 Å². The van der Waals surface area contributed by atoms with Gasteiger partial charge in [-0.1, -0.05) is 35.9 Å². The molecule has 0 saturated heterocycles. The molecule has 0 aliphatic rings. The average molecular weight is 600 g/mol. The van der Waals surface area contributed by atoms with Gasteiger partial charge >= 0.3 is 0 Å². The molecule has 9 nitrogen and oxygen atoms in total. The van der Waals surface area contributed by atoms with Crippen LogP contribution in [0.25, 0.3) is 0 Å². The molecule has 0 aliphatic heterocycles. The topological polar surface area (TPSA) is 122 Å². The van der Waals surface area contributed by atoms with Gasteiger partial charge in [0.25, 0.3) is 20.0 Å². The molecule has 12 heteroatoms. The van der Waals surface area contributed by atoms with Crippen molar-refractivity contribution in [1.29, 1.82) is 0 Å². The molecule has 0 heterocycles. The van der Waals surface area contributed by atoms with Crippen LogP contribution in [0.2, 0.25) is 5.02 Å². The Morgan fingerprint density at radius 2 is 1.45 bits per heavy atom. The van der Waals surface area contributed by atoms with Gasteiger partial charge in [-0.05, 0) is 85.3 Å². The summed E-state index contributed by atoms with van der Waals surface area (Å²) in [6.45, 7) is 1.24. The second-order valence-electron chi connectivity index (χ2n) is 8.66. The maximum Gasteiger partial charge on any atom is 0.264 e. The fourth-order valence-corrected chi connectivity index (χ4v) is 6.36. The monoisotopic (exact) mass is 599 g/mol. The lowest BCUT2D eigenvalue weighted by Gasteiger charge is -2.24. The van der Waals surface area contributed by atoms with E-state index in [1.54, 1.807) is 61.5 Å². The highest BCUT2D eigenvalue weighted by atomic mass is 35.5. The first-order valence-electron chi connectivity index (χ1n) is 11.9. The van der Waals surface area contributed by atoms with Crippen molar-refractivity contribution in [3.8, 4) is 5.75 Å². The average Bonchev–Trinajstić information content (AvgIpc) is 2.94. The lowest BCUT2D eigenvalue weighted by atomic mass is 10.2. The Morgan fingerprint density at radius 3 is 2.05 bits per heavy atom. The van der Waals surface area contributed by atoms with E-state index < -0.39 is 32.5 Å². The van der Waals surface area contributed by atoms with Crippen LogP contribution in [0.3, 0.4) is 0 Å². The number of carbonyl (C=O) groups is 1. The fraction of sp³-hybridized carbons (Fsp3) is 0.107. The van der Waals surface area contributed by atoms with E-state index >= 15 is 0 Å². The maximum absolute atomic E-state index is 13.5. The van der Waals surface area contributed by atoms with Crippen molar-refractivity contribution in [2.75, 3.05) is 28.0 Å². The van der Waals surface area contributed by atoms with E-state index in [4.69, 9.17) is 16.3 Å². The molecule has 208 valence electrons. The van der Waals surface area contributed by atoms with Crippen LogP contribution in [0.5, 0.6) is 5.75 Å². The summed E-state index contributed by atoms with van der Waals surface area (Å²) in [5, 5.41) is 2.98. The summed E-state index contributed by atoms with van der Waals surface area (Å²) >= 11 is 6.25. The molecule has 0 aliphatic carbocycles. The molecule has 0 spiro atoms. The Labute approximate surface area is 238 Å². The Kier molecular flexibility index (Phi) is 8.67. The van der Waals surface area contributed by atoms with Crippen molar-refractivity contribution < 1.29 is 26.4 Å². The summed E-state index contributed by atoms with van der Waals surface area (Å²) in [6, 6.07) is 24.4. The van der Waals surface area contributed by atoms with E-state index in [2.05, 4.69) is 10.0 Å². The molecule has 0 atom stereocenters. The van der Waals surface area contributed by atoms with Gasteiger partial charge in [0.2, 0.25) is 5.91 Å². The number of sulfonamides is 2. The zero-order valence-electron chi connectivity index (χ0n) is 21.5. The summed E-state index contributed by atoms with van der Waals surface area (Å²) in [5.74, 6) is -0.0492. The third-order valence-corrected chi connectivity index (χ3v) is 9.44. The van der Waals surface area contributed by atoms with Crippen molar-refractivity contribution in [3.05, 3.63) is 108 Å². The summed E-state index contributed by atoms with van der Waals surface area (Å²) < 4.78 is 61.0. The molecular formula is C28H26ClN3O6S2. The SMILES string of the molecule is COc1ccc(NS(=O)(=O)c2ccc(NC(=O)CN(c3ccc(C)c(Cl)c3)S(=O)(=O)c3ccccc3)cc2)cc1. The molecule has 0 bridgehead atoms. The van der Waals surface area contributed by atoms with Crippen LogP contribution in [0.4, 0.5) is 17.1 Å². The van der Waals surface area contributed by atoms with E-state index in [0.29, 0.717) is 16.5 Å². The molecule has 0 saturated carbocycles. The predicted octanol–water partition coefficient (Wildman–Crippen LogP) is 5.29. The number of benzene rings is 4. The van der Waals surface area contributed by atoms with Gasteiger partial charge in [0.15, 0.2) is 0 Å². The number of amides is 1. The molecule has 4 rings (SSSR count). The van der Waals surface area contributed by atoms with E-state index in [1.807, 2.05) is 0 Å². The van der Waals surface area contributed by atoms with Crippen LogP contribution in [0.1, 0.15) is 5.56 Å². The summed E-state index contributed by atoms with van der Waals surface area (Å²) in [4.78, 5) is 13.0. The highest BCUT2D eigenvalue weighted by molar-refractivity contribution is 7.93. The lowest BCUT2D eigenvalue weighted by Crippen LogP contribution is -2.38. The largest absolute Gasteiger partial charge is 0.497 e. The minimum absolute atomic E-state index is 0.0124. The Hall–Kier alpha value is -4.06. The number of methoxy groups -OCH3 is 1. The van der Waals surface area contributed by atoms with Crippen molar-refractivity contribution in [3.63, 3.8) is 0 Å². The molecule has 0 unspecified atom stereocenters. The number of rotatable bonds is 10. The number of aryl methyl sites for hydroxylation is 1. The molecule has 4 aromatic rings. The molecule has 2 N–H and O–H groups in total. The molecule has 0 fully saturated rings. The van der Waals surface area contributed by atoms with Crippen LogP contribution in [0.15, 0.2) is 107 Å². The number of ether oxygens (including phenoxy) is 1. The van der Waals surface area contributed by atoms with Gasteiger partial charge < -0.3 is 10.1 Å². The number of carbonyl (C=O) groups excluding carboxylic acids is 1. The van der Waals surface area contributed by atoms with Crippen LogP contribution < -0.4 is 19.1 Å². The smallest absolute Gasteiger partial charge is 0.264 e. The number of nitrogens with one attached hydrogen (secondary N) is 2. The molecule has 40 heavy (non-hydrogen) atoms. The number of anilines is 3. The summed E-state index contributed by atoms with van der Waals surface area (Å²) in [6.07, 6.45) is 0. The Morgan fingerprint density at radius 1 is 0.825 bits per heavy atom. The maximum atomic E-state index is 13.5. The second kappa shape index (κ2) is 12.0. The van der Waals surface area contributed by atoms with E-state index in [9.17, 15) is 21.6 Å². The van der Waals surface area contributed by atoms with Crippen molar-refractivity contribution in [2.45, 2.75) is 16.7 Å². The third-order valence-electron chi connectivity index (χ3n) is 5.85. The van der Waals surface area contributed by atoms with Crippen molar-refractivity contribution in [2.24, 2.45) is 0 Å². The highest BCUT2D eigenvalue weighted by Gasteiger charge is 2.27. The van der Waals surface area contributed by atoms with E-state index in [1.165, 1.54) is 49.6 Å². The van der Waals surface area contributed by atoms with Crippen molar-refractivity contribution >= 4 is 54.6 Å². The van der Waals surface area contributed by atoms with E-state index in [0.717, 1.165) is 9.87 Å². The minimum Gasteiger partial charge on any atom is -0.497 e. The third kappa shape index (κ3) is 6.74. The van der Waals surface area contributed by atoms with Gasteiger partial charge in [0.1, 0.15) is 12.3 Å². The predicted molar refractivity (Wildman–Crippen MR) is 156 cm³/mol. The Balaban J connectivity index is 1.52. The first-order chi connectivity index (χ1) is 19.0. The number of hydrogen-bond acceptors (Lipinski definition) is 6. The van der Waals surface area contributed by atoms with Gasteiger partial charge in [-0.25, -0.2) is 16.8 Å². The molecule has 4 aromatic carbocycles. The number of halogens is 1. The minimum atomic E-state index is -4.11. The molecule has 0 radical (unpaired) electrons. The number of nitrogens with zero attached hydrogens (tertiary/aromatic N) is 1. The molecular weight excluding hydrogens is 574 g/mol. The lowest BCUT2D eigenvalue weighted by molar-refractivity contribution is -0.114. The van der Waals surface area contributed by atoms with Crippen LogP contribution >= 0.6 is 11.6 Å². The fourth-order valence-electron chi connectivity index (χ4n) is 3.69.